The van der Waals surface area contributed by atoms with Crippen LogP contribution in [0.1, 0.15) is 65.2 Å². The van der Waals surface area contributed by atoms with Crippen LogP contribution in [0, 0.1) is 11.8 Å². The first kappa shape index (κ1) is 17.2. The Morgan fingerprint density at radius 2 is 1.90 bits per heavy atom. The first-order valence-corrected chi connectivity index (χ1v) is 9.15. The van der Waals surface area contributed by atoms with Crippen LogP contribution in [-0.4, -0.2) is 48.3 Å². The first-order chi connectivity index (χ1) is 10.1. The van der Waals surface area contributed by atoms with Gasteiger partial charge in [0, 0.05) is 18.1 Å². The van der Waals surface area contributed by atoms with E-state index < -0.39 is 0 Å². The standard InChI is InChI=1S/C18H36N2O/c1-15(2)13-20(17-8-4-5-9-17)12-10-16-7-6-11-18(16,14-21)19-3/h15-17,19,21H,4-14H2,1-3H3. The molecule has 0 aromatic rings. The molecular formula is C18H36N2O. The summed E-state index contributed by atoms with van der Waals surface area (Å²) in [6.07, 6.45) is 10.5. The van der Waals surface area contributed by atoms with Crippen molar-refractivity contribution in [1.29, 1.82) is 0 Å². The van der Waals surface area contributed by atoms with Gasteiger partial charge in [-0.05, 0) is 57.5 Å². The maximum absolute atomic E-state index is 9.83. The van der Waals surface area contributed by atoms with Crippen LogP contribution in [0.5, 0.6) is 0 Å². The van der Waals surface area contributed by atoms with Gasteiger partial charge in [-0.15, -0.1) is 0 Å². The third-order valence-electron chi connectivity index (χ3n) is 5.94. The normalized spacial score (nSPS) is 30.9. The maximum Gasteiger partial charge on any atom is 0.0615 e. The molecule has 2 atom stereocenters. The monoisotopic (exact) mass is 296 g/mol. The van der Waals surface area contributed by atoms with Gasteiger partial charge in [-0.2, -0.15) is 0 Å². The van der Waals surface area contributed by atoms with E-state index in [-0.39, 0.29) is 5.54 Å². The Hall–Kier alpha value is -0.120. The molecule has 124 valence electrons. The molecule has 0 radical (unpaired) electrons. The van der Waals surface area contributed by atoms with Crippen LogP contribution in [0.2, 0.25) is 0 Å². The van der Waals surface area contributed by atoms with Gasteiger partial charge in [0.15, 0.2) is 0 Å². The van der Waals surface area contributed by atoms with Crippen molar-refractivity contribution >= 4 is 0 Å². The lowest BCUT2D eigenvalue weighted by atomic mass is 9.85. The lowest BCUT2D eigenvalue weighted by Gasteiger charge is -2.37. The van der Waals surface area contributed by atoms with E-state index in [4.69, 9.17) is 0 Å². The Balaban J connectivity index is 1.91. The van der Waals surface area contributed by atoms with E-state index in [1.54, 1.807) is 0 Å². The molecule has 0 spiro atoms. The van der Waals surface area contributed by atoms with Crippen molar-refractivity contribution in [2.45, 2.75) is 76.8 Å². The van der Waals surface area contributed by atoms with Crippen molar-refractivity contribution < 1.29 is 5.11 Å². The number of nitrogens with one attached hydrogen (secondary N) is 1. The van der Waals surface area contributed by atoms with Crippen LogP contribution in [-0.2, 0) is 0 Å². The summed E-state index contributed by atoms with van der Waals surface area (Å²) in [4.78, 5) is 2.76. The summed E-state index contributed by atoms with van der Waals surface area (Å²) in [6, 6.07) is 0.826. The molecule has 2 rings (SSSR count). The highest BCUT2D eigenvalue weighted by Crippen LogP contribution is 2.38. The van der Waals surface area contributed by atoms with Crippen molar-refractivity contribution in [1.82, 2.24) is 10.2 Å². The Kier molecular flexibility index (Phi) is 6.51. The predicted octanol–water partition coefficient (Wildman–Crippen LogP) is 3.03. The van der Waals surface area contributed by atoms with Crippen LogP contribution < -0.4 is 5.32 Å². The quantitative estimate of drug-likeness (QED) is 0.723. The van der Waals surface area contributed by atoms with E-state index in [0.29, 0.717) is 12.5 Å². The van der Waals surface area contributed by atoms with Crippen molar-refractivity contribution in [3.05, 3.63) is 0 Å². The number of likely N-dealkylation sites (N-methyl/N-ethyl adjacent to an activating group) is 1. The third-order valence-corrected chi connectivity index (χ3v) is 5.94. The smallest absolute Gasteiger partial charge is 0.0615 e. The molecule has 0 saturated heterocycles. The zero-order valence-electron chi connectivity index (χ0n) is 14.4. The van der Waals surface area contributed by atoms with Crippen LogP contribution >= 0.6 is 0 Å². The van der Waals surface area contributed by atoms with Crippen LogP contribution in [0.25, 0.3) is 0 Å². The Bertz CT molecular complexity index is 296. The molecule has 0 aliphatic heterocycles. The molecule has 2 fully saturated rings. The molecule has 2 unspecified atom stereocenters. The molecule has 2 aliphatic rings. The van der Waals surface area contributed by atoms with Gasteiger partial charge in [-0.25, -0.2) is 0 Å². The second-order valence-corrected chi connectivity index (χ2v) is 7.77. The fourth-order valence-electron chi connectivity index (χ4n) is 4.66. The third kappa shape index (κ3) is 4.20. The highest BCUT2D eigenvalue weighted by atomic mass is 16.3. The molecule has 0 bridgehead atoms. The Morgan fingerprint density at radius 1 is 1.19 bits per heavy atom. The summed E-state index contributed by atoms with van der Waals surface area (Å²) >= 11 is 0. The van der Waals surface area contributed by atoms with E-state index in [1.807, 2.05) is 7.05 Å². The highest BCUT2D eigenvalue weighted by Gasteiger charge is 2.41. The lowest BCUT2D eigenvalue weighted by molar-refractivity contribution is 0.106. The van der Waals surface area contributed by atoms with Crippen molar-refractivity contribution in [3.63, 3.8) is 0 Å². The number of aliphatic hydroxyl groups excluding tert-OH is 1. The van der Waals surface area contributed by atoms with E-state index in [2.05, 4.69) is 24.1 Å². The van der Waals surface area contributed by atoms with Gasteiger partial charge >= 0.3 is 0 Å². The van der Waals surface area contributed by atoms with Crippen LogP contribution in [0.4, 0.5) is 0 Å². The second-order valence-electron chi connectivity index (χ2n) is 7.77. The molecule has 0 amide bonds. The topological polar surface area (TPSA) is 35.5 Å². The largest absolute Gasteiger partial charge is 0.394 e. The predicted molar refractivity (Wildman–Crippen MR) is 89.5 cm³/mol. The summed E-state index contributed by atoms with van der Waals surface area (Å²) in [6.45, 7) is 7.42. The van der Waals surface area contributed by atoms with Gasteiger partial charge in [0.25, 0.3) is 0 Å². The molecule has 21 heavy (non-hydrogen) atoms. The summed E-state index contributed by atoms with van der Waals surface area (Å²) < 4.78 is 0. The van der Waals surface area contributed by atoms with Gasteiger partial charge in [0.2, 0.25) is 0 Å². The van der Waals surface area contributed by atoms with Crippen molar-refractivity contribution in [2.24, 2.45) is 11.8 Å². The number of hydrogen-bond acceptors (Lipinski definition) is 3. The minimum absolute atomic E-state index is 0.000817. The molecule has 2 aliphatic carbocycles. The van der Waals surface area contributed by atoms with Gasteiger partial charge in [0.1, 0.15) is 0 Å². The average Bonchev–Trinajstić information content (AvgIpc) is 3.12. The fourth-order valence-corrected chi connectivity index (χ4v) is 4.66. The second kappa shape index (κ2) is 7.94. The zero-order valence-corrected chi connectivity index (χ0v) is 14.4. The number of rotatable bonds is 8. The van der Waals surface area contributed by atoms with E-state index in [1.165, 1.54) is 58.0 Å². The molecule has 3 heteroatoms. The molecule has 3 nitrogen and oxygen atoms in total. The molecule has 2 saturated carbocycles. The van der Waals surface area contributed by atoms with Gasteiger partial charge < -0.3 is 15.3 Å². The Labute approximate surface area is 131 Å². The van der Waals surface area contributed by atoms with Gasteiger partial charge in [-0.1, -0.05) is 33.1 Å². The highest BCUT2D eigenvalue weighted by molar-refractivity contribution is 4.98. The summed E-state index contributed by atoms with van der Waals surface area (Å²) in [5, 5.41) is 13.3. The summed E-state index contributed by atoms with van der Waals surface area (Å²) in [7, 11) is 2.03. The summed E-state index contributed by atoms with van der Waals surface area (Å²) in [5.41, 5.74) is -0.000817. The number of nitrogens with zero attached hydrogens (tertiary/aromatic N) is 1. The molecule has 0 aromatic carbocycles. The molecule has 0 heterocycles. The number of aliphatic hydroxyl groups is 1. The average molecular weight is 296 g/mol. The van der Waals surface area contributed by atoms with Gasteiger partial charge in [-0.3, -0.25) is 0 Å². The SMILES string of the molecule is CNC1(CO)CCCC1CCN(CC(C)C)C1CCCC1. The molecule has 0 aromatic heterocycles. The van der Waals surface area contributed by atoms with E-state index >= 15 is 0 Å². The van der Waals surface area contributed by atoms with Crippen molar-refractivity contribution in [3.8, 4) is 0 Å². The van der Waals surface area contributed by atoms with Crippen LogP contribution in [0.15, 0.2) is 0 Å². The van der Waals surface area contributed by atoms with E-state index in [0.717, 1.165) is 18.4 Å². The van der Waals surface area contributed by atoms with Crippen LogP contribution in [0.3, 0.4) is 0 Å². The first-order valence-electron chi connectivity index (χ1n) is 9.15. The zero-order chi connectivity index (χ0) is 15.3. The van der Waals surface area contributed by atoms with Gasteiger partial charge in [0.05, 0.1) is 6.61 Å². The lowest BCUT2D eigenvalue weighted by Crippen LogP contribution is -2.50. The number of hydrogen-bond donors (Lipinski definition) is 2. The maximum atomic E-state index is 9.83. The minimum Gasteiger partial charge on any atom is -0.394 e. The molecular weight excluding hydrogens is 260 g/mol. The summed E-state index contributed by atoms with van der Waals surface area (Å²) in [5.74, 6) is 1.39. The minimum atomic E-state index is -0.000817. The van der Waals surface area contributed by atoms with Crippen molar-refractivity contribution in [2.75, 3.05) is 26.7 Å². The fraction of sp³-hybridized carbons (Fsp3) is 1.00. The van der Waals surface area contributed by atoms with E-state index in [9.17, 15) is 5.11 Å². The molecule has 2 N–H and O–H groups in total. The Morgan fingerprint density at radius 3 is 2.48 bits per heavy atom.